The zero-order valence-electron chi connectivity index (χ0n) is 8.58. The summed E-state index contributed by atoms with van der Waals surface area (Å²) in [6, 6.07) is 3.19. The molecule has 0 unspecified atom stereocenters. The standard InChI is InChI=1S/C11H8F2N2O2/c12-8-2-1-6(3-9(8)13)10-14-4-7(5-16)11(17)15-10/h1-4,16H,5H2,(H,14,15,17). The maximum absolute atomic E-state index is 13.0. The minimum atomic E-state index is -1.02. The molecule has 2 rings (SSSR count). The molecule has 4 nitrogen and oxygen atoms in total. The molecule has 0 aliphatic carbocycles. The third-order valence-electron chi connectivity index (χ3n) is 2.24. The van der Waals surface area contributed by atoms with Crippen LogP contribution >= 0.6 is 0 Å². The fourth-order valence-electron chi connectivity index (χ4n) is 1.32. The molecular weight excluding hydrogens is 230 g/mol. The maximum atomic E-state index is 13.0. The smallest absolute Gasteiger partial charge is 0.256 e. The molecule has 1 aromatic carbocycles. The van der Waals surface area contributed by atoms with Gasteiger partial charge in [0.05, 0.1) is 12.2 Å². The average Bonchev–Trinajstić information content (AvgIpc) is 2.32. The molecule has 0 atom stereocenters. The second-order valence-corrected chi connectivity index (χ2v) is 3.37. The summed E-state index contributed by atoms with van der Waals surface area (Å²) in [4.78, 5) is 17.6. The lowest BCUT2D eigenvalue weighted by atomic mass is 10.2. The number of nitrogens with one attached hydrogen (secondary N) is 1. The van der Waals surface area contributed by atoms with E-state index in [0.717, 1.165) is 12.1 Å². The van der Waals surface area contributed by atoms with E-state index < -0.39 is 23.8 Å². The van der Waals surface area contributed by atoms with Gasteiger partial charge in [-0.1, -0.05) is 0 Å². The molecule has 2 aromatic rings. The molecule has 0 saturated heterocycles. The van der Waals surface area contributed by atoms with Gasteiger partial charge in [0.2, 0.25) is 0 Å². The fraction of sp³-hybridized carbons (Fsp3) is 0.0909. The van der Waals surface area contributed by atoms with Crippen LogP contribution in [0.25, 0.3) is 11.4 Å². The van der Waals surface area contributed by atoms with Crippen molar-refractivity contribution in [2.24, 2.45) is 0 Å². The number of aliphatic hydroxyl groups excluding tert-OH is 1. The number of halogens is 2. The number of aromatic nitrogens is 2. The van der Waals surface area contributed by atoms with Crippen molar-refractivity contribution in [2.75, 3.05) is 0 Å². The van der Waals surface area contributed by atoms with Crippen LogP contribution in [-0.4, -0.2) is 15.1 Å². The molecule has 88 valence electrons. The van der Waals surface area contributed by atoms with Crippen molar-refractivity contribution in [3.8, 4) is 11.4 Å². The Morgan fingerprint density at radius 3 is 2.65 bits per heavy atom. The van der Waals surface area contributed by atoms with Crippen molar-refractivity contribution < 1.29 is 13.9 Å². The lowest BCUT2D eigenvalue weighted by molar-refractivity contribution is 0.279. The Morgan fingerprint density at radius 1 is 1.29 bits per heavy atom. The third-order valence-corrected chi connectivity index (χ3v) is 2.24. The third kappa shape index (κ3) is 2.21. The monoisotopic (exact) mass is 238 g/mol. The lowest BCUT2D eigenvalue weighted by Gasteiger charge is -2.02. The molecule has 0 radical (unpaired) electrons. The van der Waals surface area contributed by atoms with Crippen LogP contribution < -0.4 is 5.56 Å². The summed E-state index contributed by atoms with van der Waals surface area (Å²) in [6.45, 7) is -0.430. The van der Waals surface area contributed by atoms with Crippen molar-refractivity contribution in [3.63, 3.8) is 0 Å². The summed E-state index contributed by atoms with van der Waals surface area (Å²) in [5, 5.41) is 8.79. The quantitative estimate of drug-likeness (QED) is 0.826. The lowest BCUT2D eigenvalue weighted by Crippen LogP contribution is -2.14. The van der Waals surface area contributed by atoms with Gasteiger partial charge in [0.1, 0.15) is 5.82 Å². The summed E-state index contributed by atoms with van der Waals surface area (Å²) in [5.74, 6) is -1.87. The molecule has 0 aliphatic heterocycles. The van der Waals surface area contributed by atoms with Crippen LogP contribution in [0.1, 0.15) is 5.56 Å². The van der Waals surface area contributed by atoms with Crippen LogP contribution in [0.15, 0.2) is 29.2 Å². The van der Waals surface area contributed by atoms with Crippen LogP contribution in [0.3, 0.4) is 0 Å². The van der Waals surface area contributed by atoms with E-state index in [1.54, 1.807) is 0 Å². The Labute approximate surface area is 94.6 Å². The van der Waals surface area contributed by atoms with Crippen molar-refractivity contribution in [2.45, 2.75) is 6.61 Å². The van der Waals surface area contributed by atoms with E-state index in [1.165, 1.54) is 12.3 Å². The topological polar surface area (TPSA) is 66.0 Å². The molecule has 0 amide bonds. The Morgan fingerprint density at radius 2 is 2.06 bits per heavy atom. The van der Waals surface area contributed by atoms with Gasteiger partial charge in [0, 0.05) is 11.8 Å². The van der Waals surface area contributed by atoms with E-state index in [-0.39, 0.29) is 17.0 Å². The number of aromatic amines is 1. The van der Waals surface area contributed by atoms with E-state index in [2.05, 4.69) is 9.97 Å². The molecule has 17 heavy (non-hydrogen) atoms. The van der Waals surface area contributed by atoms with Crippen LogP contribution in [-0.2, 0) is 6.61 Å². The number of hydrogen-bond donors (Lipinski definition) is 2. The minimum Gasteiger partial charge on any atom is -0.391 e. The minimum absolute atomic E-state index is 0.108. The number of nitrogens with zero attached hydrogens (tertiary/aromatic N) is 1. The van der Waals surface area contributed by atoms with E-state index in [4.69, 9.17) is 5.11 Å². The summed E-state index contributed by atoms with van der Waals surface area (Å²) in [6.07, 6.45) is 1.19. The second-order valence-electron chi connectivity index (χ2n) is 3.37. The van der Waals surface area contributed by atoms with Crippen molar-refractivity contribution in [1.29, 1.82) is 0 Å². The van der Waals surface area contributed by atoms with Gasteiger partial charge in [-0.2, -0.15) is 0 Å². The number of hydrogen-bond acceptors (Lipinski definition) is 3. The highest BCUT2D eigenvalue weighted by Crippen LogP contribution is 2.16. The van der Waals surface area contributed by atoms with Gasteiger partial charge in [-0.25, -0.2) is 13.8 Å². The number of benzene rings is 1. The highest BCUT2D eigenvalue weighted by atomic mass is 19.2. The molecule has 0 saturated carbocycles. The fourth-order valence-corrected chi connectivity index (χ4v) is 1.32. The number of H-pyrrole nitrogens is 1. The van der Waals surface area contributed by atoms with Crippen LogP contribution in [0.2, 0.25) is 0 Å². The maximum Gasteiger partial charge on any atom is 0.256 e. The number of rotatable bonds is 2. The molecule has 0 spiro atoms. The largest absolute Gasteiger partial charge is 0.391 e. The summed E-state index contributed by atoms with van der Waals surface area (Å²) in [5.41, 5.74) is -0.149. The van der Waals surface area contributed by atoms with Gasteiger partial charge in [-0.05, 0) is 18.2 Å². The average molecular weight is 238 g/mol. The second kappa shape index (κ2) is 4.42. The highest BCUT2D eigenvalue weighted by Gasteiger charge is 2.07. The zero-order chi connectivity index (χ0) is 12.4. The Bertz CT molecular complexity index is 611. The van der Waals surface area contributed by atoms with Gasteiger partial charge < -0.3 is 10.1 Å². The predicted molar refractivity (Wildman–Crippen MR) is 56.1 cm³/mol. The molecule has 1 aromatic heterocycles. The summed E-state index contributed by atoms with van der Waals surface area (Å²) in [7, 11) is 0. The van der Waals surface area contributed by atoms with E-state index >= 15 is 0 Å². The molecule has 0 aliphatic rings. The molecule has 2 N–H and O–H groups in total. The van der Waals surface area contributed by atoms with Crippen LogP contribution in [0, 0.1) is 11.6 Å². The number of aliphatic hydroxyl groups is 1. The van der Waals surface area contributed by atoms with Crippen molar-refractivity contribution >= 4 is 0 Å². The summed E-state index contributed by atoms with van der Waals surface area (Å²) >= 11 is 0. The van der Waals surface area contributed by atoms with E-state index in [0.29, 0.717) is 0 Å². The normalized spacial score (nSPS) is 10.5. The highest BCUT2D eigenvalue weighted by molar-refractivity contribution is 5.54. The van der Waals surface area contributed by atoms with Gasteiger partial charge in [0.25, 0.3) is 5.56 Å². The molecule has 6 heteroatoms. The van der Waals surface area contributed by atoms with Crippen LogP contribution in [0.4, 0.5) is 8.78 Å². The Balaban J connectivity index is 2.50. The Kier molecular flexibility index (Phi) is 2.97. The predicted octanol–water partition coefficient (Wildman–Crippen LogP) is 1.21. The first kappa shape index (κ1) is 11.4. The van der Waals surface area contributed by atoms with Crippen molar-refractivity contribution in [3.05, 3.63) is 51.9 Å². The van der Waals surface area contributed by atoms with E-state index in [9.17, 15) is 13.6 Å². The van der Waals surface area contributed by atoms with Gasteiger partial charge in [0.15, 0.2) is 11.6 Å². The first-order chi connectivity index (χ1) is 8.11. The summed E-state index contributed by atoms with van der Waals surface area (Å²) < 4.78 is 25.7. The first-order valence-corrected chi connectivity index (χ1v) is 4.76. The van der Waals surface area contributed by atoms with Gasteiger partial charge >= 0.3 is 0 Å². The zero-order valence-corrected chi connectivity index (χ0v) is 8.58. The SMILES string of the molecule is O=c1[nH]c(-c2ccc(F)c(F)c2)ncc1CO. The van der Waals surface area contributed by atoms with Crippen molar-refractivity contribution in [1.82, 2.24) is 9.97 Å². The molecule has 0 fully saturated rings. The first-order valence-electron chi connectivity index (χ1n) is 4.76. The van der Waals surface area contributed by atoms with Crippen LogP contribution in [0.5, 0.6) is 0 Å². The van der Waals surface area contributed by atoms with E-state index in [1.807, 2.05) is 0 Å². The molecule has 1 heterocycles. The molecule has 0 bridgehead atoms. The van der Waals surface area contributed by atoms with Gasteiger partial charge in [-0.3, -0.25) is 4.79 Å². The van der Waals surface area contributed by atoms with Gasteiger partial charge in [-0.15, -0.1) is 0 Å². The Hall–Kier alpha value is -2.08. The molecular formula is C11H8F2N2O2.